The van der Waals surface area contributed by atoms with Crippen molar-refractivity contribution >= 4 is 5.82 Å². The van der Waals surface area contributed by atoms with Crippen molar-refractivity contribution in [3.63, 3.8) is 0 Å². The second-order valence-corrected chi connectivity index (χ2v) is 2.21. The quantitative estimate of drug-likeness (QED) is 0.510. The monoisotopic (exact) mass is 150 g/mol. The van der Waals surface area contributed by atoms with Crippen molar-refractivity contribution in [1.29, 1.82) is 0 Å². The van der Waals surface area contributed by atoms with Gasteiger partial charge in [0.15, 0.2) is 0 Å². The van der Waals surface area contributed by atoms with Gasteiger partial charge in [0.2, 0.25) is 0 Å². The molecule has 2 N–H and O–H groups in total. The molecule has 0 radical (unpaired) electrons. The number of fused-ring (bicyclic) bond motifs is 1. The fraction of sp³-hybridized carbons (Fsp3) is 0.167. The minimum atomic E-state index is -0.318. The zero-order valence-electron chi connectivity index (χ0n) is 5.66. The lowest BCUT2D eigenvalue weighted by molar-refractivity contribution is 0.854. The normalized spacial score (nSPS) is 13.8. The number of nitrogens with one attached hydrogen (secondary N) is 2. The van der Waals surface area contributed by atoms with Gasteiger partial charge >= 0.3 is 0 Å². The van der Waals surface area contributed by atoms with E-state index in [1.807, 2.05) is 0 Å². The summed E-state index contributed by atoms with van der Waals surface area (Å²) in [5.74, 6) is 0.680. The molecule has 2 rings (SSSR count). The largest absolute Gasteiger partial charge is 0.305 e. The summed E-state index contributed by atoms with van der Waals surface area (Å²) in [6.45, 7) is 0.656. The number of rotatable bonds is 0. The molecule has 56 valence electrons. The molecule has 1 aliphatic heterocycles. The first-order valence-corrected chi connectivity index (χ1v) is 3.20. The topological polar surface area (TPSA) is 66.9 Å². The number of hydrogen-bond donors (Lipinski definition) is 2. The minimum absolute atomic E-state index is 0.318. The summed E-state index contributed by atoms with van der Waals surface area (Å²) in [7, 11) is 0. The van der Waals surface area contributed by atoms with Crippen molar-refractivity contribution in [1.82, 2.24) is 15.4 Å². The average Bonchev–Trinajstić information content (AvgIpc) is 2.38. The van der Waals surface area contributed by atoms with E-state index >= 15 is 0 Å². The van der Waals surface area contributed by atoms with Gasteiger partial charge in [0, 0.05) is 18.3 Å². The standard InChI is InChI=1S/C6H6N4O/c11-5-3-8-6-4(1-7-5)2-9-10-6/h1,3,9-10H,2H2. The third-order valence-electron chi connectivity index (χ3n) is 1.44. The maximum absolute atomic E-state index is 10.7. The number of hydrazine groups is 1. The van der Waals surface area contributed by atoms with E-state index in [-0.39, 0.29) is 5.56 Å². The fourth-order valence-corrected chi connectivity index (χ4v) is 0.904. The molecule has 0 spiro atoms. The van der Waals surface area contributed by atoms with E-state index in [0.29, 0.717) is 12.4 Å². The highest BCUT2D eigenvalue weighted by molar-refractivity contribution is 5.44. The highest BCUT2D eigenvalue weighted by Gasteiger charge is 2.08. The second-order valence-electron chi connectivity index (χ2n) is 2.21. The Morgan fingerprint density at radius 3 is 3.18 bits per heavy atom. The molecule has 0 bridgehead atoms. The summed E-state index contributed by atoms with van der Waals surface area (Å²) in [6.07, 6.45) is 2.72. The lowest BCUT2D eigenvalue weighted by Crippen LogP contribution is -2.12. The first kappa shape index (κ1) is 6.23. The van der Waals surface area contributed by atoms with Crippen LogP contribution >= 0.6 is 0 Å². The van der Waals surface area contributed by atoms with E-state index in [4.69, 9.17) is 0 Å². The third-order valence-corrected chi connectivity index (χ3v) is 1.44. The van der Waals surface area contributed by atoms with Crippen LogP contribution in [0.4, 0.5) is 5.82 Å². The molecule has 2 heterocycles. The SMILES string of the molecule is O=c1cnc2c(cn1)CNN2. The summed E-state index contributed by atoms with van der Waals surface area (Å²) in [4.78, 5) is 18.2. The van der Waals surface area contributed by atoms with Crippen molar-refractivity contribution in [3.8, 4) is 0 Å². The summed E-state index contributed by atoms with van der Waals surface area (Å²) in [5.41, 5.74) is 6.26. The smallest absolute Gasteiger partial charge is 0.288 e. The Hall–Kier alpha value is -1.49. The first-order chi connectivity index (χ1) is 5.36. The molecule has 11 heavy (non-hydrogen) atoms. The molecule has 1 aromatic heterocycles. The molecule has 1 aromatic rings. The average molecular weight is 150 g/mol. The Morgan fingerprint density at radius 2 is 2.27 bits per heavy atom. The minimum Gasteiger partial charge on any atom is -0.305 e. The Morgan fingerprint density at radius 1 is 1.36 bits per heavy atom. The van der Waals surface area contributed by atoms with Crippen LogP contribution in [0.2, 0.25) is 0 Å². The van der Waals surface area contributed by atoms with Crippen LogP contribution in [0.25, 0.3) is 0 Å². The molecule has 1 aliphatic rings. The Labute approximate surface area is 62.5 Å². The molecular formula is C6H6N4O. The van der Waals surface area contributed by atoms with Gasteiger partial charge in [-0.15, -0.1) is 0 Å². The van der Waals surface area contributed by atoms with E-state index in [1.165, 1.54) is 12.4 Å². The Balaban J connectivity index is 2.65. The summed E-state index contributed by atoms with van der Waals surface area (Å²) < 4.78 is 0. The van der Waals surface area contributed by atoms with Crippen molar-refractivity contribution in [2.75, 3.05) is 5.43 Å². The molecule has 0 aliphatic carbocycles. The molecule has 0 atom stereocenters. The van der Waals surface area contributed by atoms with Gasteiger partial charge in [-0.2, -0.15) is 0 Å². The summed E-state index contributed by atoms with van der Waals surface area (Å²) in [6, 6.07) is 0. The van der Waals surface area contributed by atoms with Crippen LogP contribution in [0.3, 0.4) is 0 Å². The van der Waals surface area contributed by atoms with Crippen LogP contribution in [0.5, 0.6) is 0 Å². The van der Waals surface area contributed by atoms with E-state index in [9.17, 15) is 4.79 Å². The van der Waals surface area contributed by atoms with Crippen LogP contribution in [-0.4, -0.2) is 9.97 Å². The van der Waals surface area contributed by atoms with E-state index < -0.39 is 0 Å². The molecular weight excluding hydrogens is 144 g/mol. The van der Waals surface area contributed by atoms with Gasteiger partial charge in [-0.05, 0) is 0 Å². The molecule has 0 unspecified atom stereocenters. The molecule has 0 aromatic carbocycles. The highest BCUT2D eigenvalue weighted by atomic mass is 16.1. The lowest BCUT2D eigenvalue weighted by Gasteiger charge is -1.88. The zero-order chi connectivity index (χ0) is 7.68. The maximum Gasteiger partial charge on any atom is 0.288 e. The van der Waals surface area contributed by atoms with E-state index in [2.05, 4.69) is 20.8 Å². The molecule has 0 saturated carbocycles. The number of hydrogen-bond acceptors (Lipinski definition) is 5. The lowest BCUT2D eigenvalue weighted by atomic mass is 10.3. The number of anilines is 1. The van der Waals surface area contributed by atoms with E-state index in [1.54, 1.807) is 0 Å². The fourth-order valence-electron chi connectivity index (χ4n) is 0.904. The second kappa shape index (κ2) is 2.28. The van der Waals surface area contributed by atoms with Gasteiger partial charge in [0.25, 0.3) is 5.56 Å². The van der Waals surface area contributed by atoms with Crippen molar-refractivity contribution in [2.24, 2.45) is 0 Å². The zero-order valence-corrected chi connectivity index (χ0v) is 5.66. The molecule has 5 nitrogen and oxygen atoms in total. The Kier molecular flexibility index (Phi) is 1.29. The van der Waals surface area contributed by atoms with Crippen molar-refractivity contribution in [2.45, 2.75) is 6.54 Å². The van der Waals surface area contributed by atoms with Crippen LogP contribution in [0, 0.1) is 0 Å². The molecule has 0 amide bonds. The van der Waals surface area contributed by atoms with Crippen LogP contribution in [0.15, 0.2) is 17.2 Å². The molecule has 5 heteroatoms. The van der Waals surface area contributed by atoms with Gasteiger partial charge in [0.05, 0.1) is 6.20 Å². The van der Waals surface area contributed by atoms with Crippen molar-refractivity contribution in [3.05, 3.63) is 28.3 Å². The van der Waals surface area contributed by atoms with Crippen molar-refractivity contribution < 1.29 is 0 Å². The van der Waals surface area contributed by atoms with Gasteiger partial charge in [-0.1, -0.05) is 0 Å². The number of nitrogens with zero attached hydrogens (tertiary/aromatic N) is 2. The molecule has 0 fully saturated rings. The van der Waals surface area contributed by atoms with Gasteiger partial charge in [-0.25, -0.2) is 15.4 Å². The van der Waals surface area contributed by atoms with Gasteiger partial charge < -0.3 is 5.43 Å². The maximum atomic E-state index is 10.7. The van der Waals surface area contributed by atoms with Crippen LogP contribution in [0.1, 0.15) is 5.56 Å². The van der Waals surface area contributed by atoms with Gasteiger partial charge in [-0.3, -0.25) is 4.79 Å². The van der Waals surface area contributed by atoms with E-state index in [0.717, 1.165) is 5.56 Å². The number of aromatic nitrogens is 2. The van der Waals surface area contributed by atoms with Crippen LogP contribution < -0.4 is 16.4 Å². The highest BCUT2D eigenvalue weighted by Crippen LogP contribution is 2.11. The summed E-state index contributed by atoms with van der Waals surface area (Å²) in [5, 5.41) is 0. The Bertz CT molecular complexity index is 308. The molecule has 0 saturated heterocycles. The summed E-state index contributed by atoms with van der Waals surface area (Å²) >= 11 is 0. The predicted molar refractivity (Wildman–Crippen MR) is 38.8 cm³/mol. The third kappa shape index (κ3) is 1.05. The predicted octanol–water partition coefficient (Wildman–Crippen LogP) is -0.733. The van der Waals surface area contributed by atoms with Gasteiger partial charge in [0.1, 0.15) is 5.82 Å². The first-order valence-electron chi connectivity index (χ1n) is 3.20. The van der Waals surface area contributed by atoms with Crippen LogP contribution in [-0.2, 0) is 6.54 Å².